The first kappa shape index (κ1) is 17.3. The first-order valence-electron chi connectivity index (χ1n) is 6.69. The molecular weight excluding hydrogens is 270 g/mol. The Balaban J connectivity index is 2.40. The lowest BCUT2D eigenvalue weighted by atomic mass is 9.95. The standard InChI is InChI=1S/C12H23NO7/c14-4-2-1-3-9(16)13-5-7-10(17)12(19)11(18)8(6-15)20-7/h7-8,10-12,14-15,17-19H,1-6H2,(H,13,16)/t7-,8-,10+,11-,12-/m1/s1. The van der Waals surface area contributed by atoms with E-state index in [1.165, 1.54) is 0 Å². The zero-order chi connectivity index (χ0) is 15.1. The van der Waals surface area contributed by atoms with E-state index in [9.17, 15) is 20.1 Å². The van der Waals surface area contributed by atoms with Gasteiger partial charge in [-0.1, -0.05) is 0 Å². The van der Waals surface area contributed by atoms with Gasteiger partial charge in [-0.2, -0.15) is 0 Å². The summed E-state index contributed by atoms with van der Waals surface area (Å²) < 4.78 is 5.24. The Hall–Kier alpha value is -0.770. The van der Waals surface area contributed by atoms with Gasteiger partial charge in [-0.05, 0) is 12.8 Å². The van der Waals surface area contributed by atoms with E-state index in [1.54, 1.807) is 0 Å². The van der Waals surface area contributed by atoms with Crippen molar-refractivity contribution in [2.45, 2.75) is 49.8 Å². The van der Waals surface area contributed by atoms with Crippen molar-refractivity contribution in [3.05, 3.63) is 0 Å². The fraction of sp³-hybridized carbons (Fsp3) is 0.917. The Kier molecular flexibility index (Phi) is 7.35. The van der Waals surface area contributed by atoms with Gasteiger partial charge < -0.3 is 35.6 Å². The number of hydrogen-bond acceptors (Lipinski definition) is 7. The number of hydrogen-bond donors (Lipinski definition) is 6. The van der Waals surface area contributed by atoms with E-state index in [0.29, 0.717) is 12.8 Å². The number of nitrogens with one attached hydrogen (secondary N) is 1. The van der Waals surface area contributed by atoms with E-state index >= 15 is 0 Å². The van der Waals surface area contributed by atoms with E-state index in [2.05, 4.69) is 5.32 Å². The molecular formula is C12H23NO7. The van der Waals surface area contributed by atoms with Crippen molar-refractivity contribution in [3.8, 4) is 0 Å². The molecule has 0 radical (unpaired) electrons. The molecule has 0 bridgehead atoms. The third-order valence-electron chi connectivity index (χ3n) is 3.30. The minimum absolute atomic E-state index is 0.0278. The largest absolute Gasteiger partial charge is 0.396 e. The summed E-state index contributed by atoms with van der Waals surface area (Å²) >= 11 is 0. The van der Waals surface area contributed by atoms with Crippen molar-refractivity contribution in [3.63, 3.8) is 0 Å². The quantitative estimate of drug-likeness (QED) is 0.277. The summed E-state index contributed by atoms with van der Waals surface area (Å²) in [6.07, 6.45) is -4.70. The fourth-order valence-corrected chi connectivity index (χ4v) is 2.05. The van der Waals surface area contributed by atoms with Crippen molar-refractivity contribution in [1.29, 1.82) is 0 Å². The Labute approximate surface area is 117 Å². The Bertz CT molecular complexity index is 300. The van der Waals surface area contributed by atoms with Crippen molar-refractivity contribution in [2.75, 3.05) is 19.8 Å². The van der Waals surface area contributed by atoms with Crippen molar-refractivity contribution in [1.82, 2.24) is 5.32 Å². The van der Waals surface area contributed by atoms with E-state index < -0.39 is 37.1 Å². The van der Waals surface area contributed by atoms with Gasteiger partial charge >= 0.3 is 0 Å². The number of unbranched alkanes of at least 4 members (excludes halogenated alkanes) is 1. The molecule has 0 aromatic carbocycles. The van der Waals surface area contributed by atoms with Crippen LogP contribution in [0.5, 0.6) is 0 Å². The molecule has 1 aliphatic heterocycles. The zero-order valence-electron chi connectivity index (χ0n) is 11.2. The number of rotatable bonds is 7. The summed E-state index contributed by atoms with van der Waals surface area (Å²) in [4.78, 5) is 11.5. The molecule has 1 rings (SSSR count). The van der Waals surface area contributed by atoms with E-state index in [-0.39, 0.29) is 25.5 Å². The third-order valence-corrected chi connectivity index (χ3v) is 3.30. The molecule has 8 heteroatoms. The van der Waals surface area contributed by atoms with Crippen LogP contribution in [0.3, 0.4) is 0 Å². The van der Waals surface area contributed by atoms with Crippen LogP contribution in [0.15, 0.2) is 0 Å². The smallest absolute Gasteiger partial charge is 0.220 e. The lowest BCUT2D eigenvalue weighted by molar-refractivity contribution is -0.227. The number of carbonyl (C=O) groups excluding carboxylic acids is 1. The molecule has 1 aliphatic rings. The van der Waals surface area contributed by atoms with E-state index in [1.807, 2.05) is 0 Å². The molecule has 1 fully saturated rings. The van der Waals surface area contributed by atoms with Crippen LogP contribution < -0.4 is 5.32 Å². The first-order valence-corrected chi connectivity index (χ1v) is 6.69. The second-order valence-electron chi connectivity index (χ2n) is 4.85. The number of aliphatic hydroxyl groups excluding tert-OH is 5. The van der Waals surface area contributed by atoms with Gasteiger partial charge in [-0.15, -0.1) is 0 Å². The molecule has 118 valence electrons. The Morgan fingerprint density at radius 3 is 2.25 bits per heavy atom. The molecule has 0 spiro atoms. The highest BCUT2D eigenvalue weighted by atomic mass is 16.5. The number of aliphatic hydroxyl groups is 5. The molecule has 5 atom stereocenters. The molecule has 0 aromatic heterocycles. The SMILES string of the molecule is O=C(CCCCO)NC[C@H]1O[C@H](CO)[C@@H](O)[C@H](O)[C@H]1O. The lowest BCUT2D eigenvalue weighted by Gasteiger charge is -2.40. The van der Waals surface area contributed by atoms with Gasteiger partial charge in [0.15, 0.2) is 0 Å². The predicted molar refractivity (Wildman–Crippen MR) is 67.7 cm³/mol. The van der Waals surface area contributed by atoms with Crippen LogP contribution in [0.25, 0.3) is 0 Å². The Morgan fingerprint density at radius 1 is 1.00 bits per heavy atom. The molecule has 1 saturated heterocycles. The molecule has 0 aliphatic carbocycles. The van der Waals surface area contributed by atoms with Crippen molar-refractivity contribution < 1.29 is 35.1 Å². The van der Waals surface area contributed by atoms with Crippen LogP contribution >= 0.6 is 0 Å². The van der Waals surface area contributed by atoms with Gasteiger partial charge in [0.05, 0.1) is 6.61 Å². The first-order chi connectivity index (χ1) is 9.51. The molecule has 0 saturated carbocycles. The third kappa shape index (κ3) is 4.65. The molecule has 6 N–H and O–H groups in total. The van der Waals surface area contributed by atoms with Gasteiger partial charge in [0.1, 0.15) is 30.5 Å². The van der Waals surface area contributed by atoms with Gasteiger partial charge in [0.25, 0.3) is 0 Å². The van der Waals surface area contributed by atoms with E-state index in [4.69, 9.17) is 14.9 Å². The highest BCUT2D eigenvalue weighted by molar-refractivity contribution is 5.75. The summed E-state index contributed by atoms with van der Waals surface area (Å²) in [5, 5.41) is 49.1. The van der Waals surface area contributed by atoms with Crippen LogP contribution in [0.4, 0.5) is 0 Å². The summed E-state index contributed by atoms with van der Waals surface area (Å²) in [7, 11) is 0. The maximum Gasteiger partial charge on any atom is 0.220 e. The average Bonchev–Trinajstić information content (AvgIpc) is 2.44. The molecule has 1 heterocycles. The van der Waals surface area contributed by atoms with Crippen LogP contribution in [0.1, 0.15) is 19.3 Å². The highest BCUT2D eigenvalue weighted by Crippen LogP contribution is 2.20. The lowest BCUT2D eigenvalue weighted by Crippen LogP contribution is -2.60. The second-order valence-corrected chi connectivity index (χ2v) is 4.85. The van der Waals surface area contributed by atoms with Crippen LogP contribution in [0, 0.1) is 0 Å². The van der Waals surface area contributed by atoms with Crippen molar-refractivity contribution in [2.24, 2.45) is 0 Å². The number of carbonyl (C=O) groups is 1. The summed E-state index contributed by atoms with van der Waals surface area (Å²) in [5.41, 5.74) is 0. The molecule has 1 amide bonds. The zero-order valence-corrected chi connectivity index (χ0v) is 11.2. The predicted octanol–water partition coefficient (Wildman–Crippen LogP) is -2.89. The molecule has 0 aromatic rings. The summed E-state index contributed by atoms with van der Waals surface area (Å²) in [6, 6.07) is 0. The van der Waals surface area contributed by atoms with Crippen LogP contribution in [0.2, 0.25) is 0 Å². The second kappa shape index (κ2) is 8.50. The molecule has 0 unspecified atom stereocenters. The topological polar surface area (TPSA) is 139 Å². The fourth-order valence-electron chi connectivity index (χ4n) is 2.05. The monoisotopic (exact) mass is 293 g/mol. The summed E-state index contributed by atoms with van der Waals surface area (Å²) in [5.74, 6) is -0.254. The van der Waals surface area contributed by atoms with Gasteiger partial charge in [-0.25, -0.2) is 0 Å². The van der Waals surface area contributed by atoms with Gasteiger partial charge in [-0.3, -0.25) is 4.79 Å². The van der Waals surface area contributed by atoms with E-state index in [0.717, 1.165) is 0 Å². The summed E-state index contributed by atoms with van der Waals surface area (Å²) in [6.45, 7) is -0.495. The molecule has 20 heavy (non-hydrogen) atoms. The van der Waals surface area contributed by atoms with Crippen molar-refractivity contribution >= 4 is 5.91 Å². The minimum Gasteiger partial charge on any atom is -0.396 e. The van der Waals surface area contributed by atoms with Gasteiger partial charge in [0.2, 0.25) is 5.91 Å². The number of amides is 1. The maximum absolute atomic E-state index is 11.5. The van der Waals surface area contributed by atoms with Gasteiger partial charge in [0, 0.05) is 19.6 Å². The molecule has 8 nitrogen and oxygen atoms in total. The Morgan fingerprint density at radius 2 is 1.65 bits per heavy atom. The van der Waals surface area contributed by atoms with Crippen LogP contribution in [-0.2, 0) is 9.53 Å². The minimum atomic E-state index is -1.43. The average molecular weight is 293 g/mol. The normalized spacial score (nSPS) is 34.0. The maximum atomic E-state index is 11.5. The number of ether oxygens (including phenoxy) is 1. The van der Waals surface area contributed by atoms with Crippen LogP contribution in [-0.4, -0.2) is 81.7 Å². The highest BCUT2D eigenvalue weighted by Gasteiger charge is 2.43.